The van der Waals surface area contributed by atoms with E-state index in [1.807, 2.05) is 19.1 Å². The smallest absolute Gasteiger partial charge is 0.0463 e. The van der Waals surface area contributed by atoms with Crippen molar-refractivity contribution in [2.24, 2.45) is 5.84 Å². The first-order chi connectivity index (χ1) is 8.70. The molecule has 1 aromatic heterocycles. The Kier molecular flexibility index (Phi) is 4.78. The molecule has 0 bridgehead atoms. The van der Waals surface area contributed by atoms with Gasteiger partial charge in [-0.2, -0.15) is 0 Å². The molecular formula is C14H17ClN2S. The van der Waals surface area contributed by atoms with Gasteiger partial charge in [0.25, 0.3) is 0 Å². The molecule has 0 amide bonds. The van der Waals surface area contributed by atoms with Crippen molar-refractivity contribution in [3.8, 4) is 0 Å². The maximum absolute atomic E-state index is 6.04. The van der Waals surface area contributed by atoms with Crippen LogP contribution in [0.15, 0.2) is 35.7 Å². The number of hydrazine groups is 1. The lowest BCUT2D eigenvalue weighted by atomic mass is 10.0. The van der Waals surface area contributed by atoms with Crippen molar-refractivity contribution in [2.75, 3.05) is 0 Å². The molecule has 0 aliphatic carbocycles. The van der Waals surface area contributed by atoms with E-state index in [0.29, 0.717) is 0 Å². The molecule has 2 rings (SSSR count). The lowest BCUT2D eigenvalue weighted by Crippen LogP contribution is -2.28. The molecule has 0 saturated heterocycles. The Morgan fingerprint density at radius 3 is 2.83 bits per heavy atom. The van der Waals surface area contributed by atoms with Crippen molar-refractivity contribution >= 4 is 22.9 Å². The Bertz CT molecular complexity index is 497. The van der Waals surface area contributed by atoms with Crippen LogP contribution in [0, 0.1) is 6.92 Å². The number of nitrogens with two attached hydrogens (primary N) is 1. The van der Waals surface area contributed by atoms with E-state index in [0.717, 1.165) is 23.4 Å². The predicted molar refractivity (Wildman–Crippen MR) is 78.9 cm³/mol. The standard InChI is InChI=1S/C14H17ClN2S/c1-10-9-11(4-6-13(10)15)14(17-16)7-5-12-3-2-8-18-12/h2-4,6,8-9,14,17H,5,7,16H2,1H3. The van der Waals surface area contributed by atoms with E-state index >= 15 is 0 Å². The van der Waals surface area contributed by atoms with Gasteiger partial charge in [-0.25, -0.2) is 0 Å². The van der Waals surface area contributed by atoms with Crippen LogP contribution < -0.4 is 11.3 Å². The van der Waals surface area contributed by atoms with E-state index < -0.39 is 0 Å². The average Bonchev–Trinajstić information content (AvgIpc) is 2.87. The molecule has 2 nitrogen and oxygen atoms in total. The van der Waals surface area contributed by atoms with Crippen LogP contribution in [0.5, 0.6) is 0 Å². The fourth-order valence-corrected chi connectivity index (χ4v) is 2.81. The van der Waals surface area contributed by atoms with Crippen molar-refractivity contribution in [3.63, 3.8) is 0 Å². The summed E-state index contributed by atoms with van der Waals surface area (Å²) in [6, 6.07) is 10.5. The minimum Gasteiger partial charge on any atom is -0.271 e. The second-order valence-corrected chi connectivity index (χ2v) is 5.79. The van der Waals surface area contributed by atoms with Crippen LogP contribution in [0.25, 0.3) is 0 Å². The van der Waals surface area contributed by atoms with E-state index in [9.17, 15) is 0 Å². The number of hydrogen-bond donors (Lipinski definition) is 2. The highest BCUT2D eigenvalue weighted by Gasteiger charge is 2.11. The minimum absolute atomic E-state index is 0.170. The highest BCUT2D eigenvalue weighted by molar-refractivity contribution is 7.09. The predicted octanol–water partition coefficient (Wildman–Crippen LogP) is 3.85. The van der Waals surface area contributed by atoms with E-state index in [1.165, 1.54) is 10.4 Å². The summed E-state index contributed by atoms with van der Waals surface area (Å²) < 4.78 is 0. The van der Waals surface area contributed by atoms with Crippen LogP contribution in [-0.2, 0) is 6.42 Å². The van der Waals surface area contributed by atoms with Gasteiger partial charge < -0.3 is 0 Å². The minimum atomic E-state index is 0.170. The van der Waals surface area contributed by atoms with Crippen LogP contribution in [0.2, 0.25) is 5.02 Å². The molecule has 1 atom stereocenters. The first-order valence-corrected chi connectivity index (χ1v) is 7.21. The zero-order chi connectivity index (χ0) is 13.0. The largest absolute Gasteiger partial charge is 0.271 e. The molecule has 1 aromatic carbocycles. The summed E-state index contributed by atoms with van der Waals surface area (Å²) >= 11 is 7.82. The third-order valence-corrected chi connectivity index (χ3v) is 4.41. The molecular weight excluding hydrogens is 264 g/mol. The molecule has 2 aromatic rings. The number of aryl methyl sites for hydroxylation is 2. The molecule has 0 spiro atoms. The first-order valence-electron chi connectivity index (χ1n) is 5.95. The topological polar surface area (TPSA) is 38.0 Å². The summed E-state index contributed by atoms with van der Waals surface area (Å²) in [4.78, 5) is 1.39. The van der Waals surface area contributed by atoms with Gasteiger partial charge in [0, 0.05) is 15.9 Å². The maximum atomic E-state index is 6.04. The Morgan fingerprint density at radius 2 is 2.22 bits per heavy atom. The summed E-state index contributed by atoms with van der Waals surface area (Å²) in [5.41, 5.74) is 5.17. The van der Waals surface area contributed by atoms with Gasteiger partial charge in [0.05, 0.1) is 0 Å². The van der Waals surface area contributed by atoms with Crippen molar-refractivity contribution in [3.05, 3.63) is 56.7 Å². The van der Waals surface area contributed by atoms with Gasteiger partial charge >= 0.3 is 0 Å². The second-order valence-electron chi connectivity index (χ2n) is 4.35. The summed E-state index contributed by atoms with van der Waals surface area (Å²) in [5, 5.41) is 2.90. The third-order valence-electron chi connectivity index (χ3n) is 3.05. The molecule has 3 N–H and O–H groups in total. The summed E-state index contributed by atoms with van der Waals surface area (Å²) in [6.07, 6.45) is 2.02. The zero-order valence-electron chi connectivity index (χ0n) is 10.3. The quantitative estimate of drug-likeness (QED) is 0.645. The van der Waals surface area contributed by atoms with Crippen LogP contribution in [0.3, 0.4) is 0 Å². The van der Waals surface area contributed by atoms with E-state index in [1.54, 1.807) is 11.3 Å². The van der Waals surface area contributed by atoms with Crippen LogP contribution in [-0.4, -0.2) is 0 Å². The summed E-state index contributed by atoms with van der Waals surface area (Å²) in [5.74, 6) is 5.65. The fourth-order valence-electron chi connectivity index (χ4n) is 1.97. The summed E-state index contributed by atoms with van der Waals surface area (Å²) in [7, 11) is 0. The molecule has 96 valence electrons. The van der Waals surface area contributed by atoms with Gasteiger partial charge in [-0.15, -0.1) is 11.3 Å². The highest BCUT2D eigenvalue weighted by Crippen LogP contribution is 2.24. The summed E-state index contributed by atoms with van der Waals surface area (Å²) in [6.45, 7) is 2.01. The number of benzene rings is 1. The SMILES string of the molecule is Cc1cc(C(CCc2cccs2)NN)ccc1Cl. The molecule has 1 heterocycles. The Labute approximate surface area is 117 Å². The second kappa shape index (κ2) is 6.34. The van der Waals surface area contributed by atoms with Gasteiger partial charge in [-0.3, -0.25) is 11.3 Å². The Morgan fingerprint density at radius 1 is 1.39 bits per heavy atom. The molecule has 0 aliphatic rings. The Hall–Kier alpha value is -0.870. The number of rotatable bonds is 5. The van der Waals surface area contributed by atoms with Crippen molar-refractivity contribution < 1.29 is 0 Å². The number of nitrogens with one attached hydrogen (secondary N) is 1. The van der Waals surface area contributed by atoms with E-state index in [-0.39, 0.29) is 6.04 Å². The van der Waals surface area contributed by atoms with Crippen LogP contribution in [0.1, 0.15) is 28.5 Å². The van der Waals surface area contributed by atoms with Gasteiger partial charge in [0.2, 0.25) is 0 Å². The molecule has 18 heavy (non-hydrogen) atoms. The zero-order valence-corrected chi connectivity index (χ0v) is 11.9. The molecule has 0 fully saturated rings. The van der Waals surface area contributed by atoms with Gasteiger partial charge in [-0.05, 0) is 48.4 Å². The molecule has 0 saturated carbocycles. The van der Waals surface area contributed by atoms with E-state index in [4.69, 9.17) is 17.4 Å². The molecule has 0 radical (unpaired) electrons. The normalized spacial score (nSPS) is 12.6. The number of hydrogen-bond acceptors (Lipinski definition) is 3. The van der Waals surface area contributed by atoms with Crippen molar-refractivity contribution in [1.29, 1.82) is 0 Å². The lowest BCUT2D eigenvalue weighted by molar-refractivity contribution is 0.518. The van der Waals surface area contributed by atoms with Gasteiger partial charge in [0.15, 0.2) is 0 Å². The first kappa shape index (κ1) is 13.6. The number of thiophene rings is 1. The molecule has 4 heteroatoms. The molecule has 1 unspecified atom stereocenters. The highest BCUT2D eigenvalue weighted by atomic mass is 35.5. The van der Waals surface area contributed by atoms with Gasteiger partial charge in [0.1, 0.15) is 0 Å². The third kappa shape index (κ3) is 3.33. The van der Waals surface area contributed by atoms with Crippen molar-refractivity contribution in [2.45, 2.75) is 25.8 Å². The fraction of sp³-hybridized carbons (Fsp3) is 0.286. The Balaban J connectivity index is 2.05. The maximum Gasteiger partial charge on any atom is 0.0463 e. The monoisotopic (exact) mass is 280 g/mol. The van der Waals surface area contributed by atoms with Gasteiger partial charge in [-0.1, -0.05) is 29.8 Å². The van der Waals surface area contributed by atoms with Crippen molar-refractivity contribution in [1.82, 2.24) is 5.43 Å². The van der Waals surface area contributed by atoms with E-state index in [2.05, 4.69) is 29.0 Å². The molecule has 0 aliphatic heterocycles. The average molecular weight is 281 g/mol. The van der Waals surface area contributed by atoms with Crippen LogP contribution in [0.4, 0.5) is 0 Å². The lowest BCUT2D eigenvalue weighted by Gasteiger charge is -2.16. The van der Waals surface area contributed by atoms with Crippen LogP contribution >= 0.6 is 22.9 Å². The number of halogens is 1.